The zero-order valence-electron chi connectivity index (χ0n) is 9.86. The Bertz CT molecular complexity index is 312. The molecular formula is C10H16N3O2Y+2. The van der Waals surface area contributed by atoms with Crippen LogP contribution in [0, 0.1) is 5.92 Å². The van der Waals surface area contributed by atoms with Gasteiger partial charge in [0.25, 0.3) is 5.91 Å². The van der Waals surface area contributed by atoms with Gasteiger partial charge in [-0.2, -0.15) is 0 Å². The van der Waals surface area contributed by atoms with Gasteiger partial charge in [0.2, 0.25) is 0 Å². The monoisotopic (exact) mass is 299 g/mol. The van der Waals surface area contributed by atoms with Crippen LogP contribution in [0.3, 0.4) is 0 Å². The summed E-state index contributed by atoms with van der Waals surface area (Å²) < 4.78 is 0. The van der Waals surface area contributed by atoms with Crippen LogP contribution in [0.15, 0.2) is 0 Å². The van der Waals surface area contributed by atoms with E-state index in [-0.39, 0.29) is 44.5 Å². The summed E-state index contributed by atoms with van der Waals surface area (Å²) in [6.07, 6.45) is 1.96. The Hall–Kier alpha value is 0.164. The average Bonchev–Trinajstić information content (AvgIpc) is 2.63. The number of fused-ring (bicyclic) bond motifs is 1. The maximum Gasteiger partial charge on any atom is 3.00 e. The largest absolute Gasteiger partial charge is 3.00 e. The van der Waals surface area contributed by atoms with Crippen LogP contribution in [0.4, 0.5) is 0 Å². The summed E-state index contributed by atoms with van der Waals surface area (Å²) in [5.74, 6) is 0.149. The molecule has 5 nitrogen and oxygen atoms in total. The number of amides is 1. The van der Waals surface area contributed by atoms with Gasteiger partial charge < -0.3 is 10.1 Å². The molecule has 3 unspecified atom stereocenters. The molecule has 2 aliphatic heterocycles. The number of carbonyl (C=O) groups excluding carboxylic acids is 2. The molecule has 2 aliphatic rings. The normalized spacial score (nSPS) is 38.4. The molecular weight excluding hydrogens is 283 g/mol. The van der Waals surface area contributed by atoms with Gasteiger partial charge in [-0.15, -0.1) is 0 Å². The smallest absolute Gasteiger partial charge is 0.540 e. The molecule has 2 rings (SSSR count). The second-order valence-corrected chi connectivity index (χ2v) is 4.62. The van der Waals surface area contributed by atoms with Gasteiger partial charge in [0, 0.05) is 13.1 Å². The number of nitrogens with zero attached hydrogens (tertiary/aromatic N) is 2. The number of carbonyl (C=O) groups is 1. The molecule has 3 atom stereocenters. The van der Waals surface area contributed by atoms with E-state index in [1.54, 1.807) is 12.1 Å². The fourth-order valence-electron chi connectivity index (χ4n) is 2.37. The van der Waals surface area contributed by atoms with Crippen molar-refractivity contribution in [2.24, 2.45) is 5.92 Å². The molecule has 1 N–H and O–H groups in total. The van der Waals surface area contributed by atoms with Crippen LogP contribution in [-0.4, -0.2) is 53.9 Å². The van der Waals surface area contributed by atoms with E-state index in [1.807, 2.05) is 25.1 Å². The Morgan fingerprint density at radius 3 is 2.69 bits per heavy atom. The summed E-state index contributed by atoms with van der Waals surface area (Å²) in [5.41, 5.74) is -0.560. The Kier molecular flexibility index (Phi) is 4.27. The van der Waals surface area contributed by atoms with Crippen molar-refractivity contribution in [3.8, 4) is 0 Å². The van der Waals surface area contributed by atoms with Crippen molar-refractivity contribution in [1.29, 1.82) is 0 Å². The van der Waals surface area contributed by atoms with Gasteiger partial charge >= 0.3 is 32.7 Å². The van der Waals surface area contributed by atoms with Crippen molar-refractivity contribution in [2.45, 2.75) is 25.4 Å². The number of rotatable bonds is 2. The Morgan fingerprint density at radius 2 is 2.19 bits per heavy atom. The average molecular weight is 299 g/mol. The quantitative estimate of drug-likeness (QED) is 0.675. The SMILES string of the molecule is CNC1(C)CN2CC(C)C([C-]=O)N2C1=O.[Y+3]. The topological polar surface area (TPSA) is 52.7 Å². The number of hydrogen-bond acceptors (Lipinski definition) is 4. The Balaban J connectivity index is 0.00000128. The summed E-state index contributed by atoms with van der Waals surface area (Å²) in [7, 11) is 1.77. The standard InChI is InChI=1S/C10H16N3O2.Y/c1-7-4-12-6-10(2,11-3)9(15)13(12)8(7)5-14;/h7-8,11H,4,6H2,1-3H3;/q-1;+3. The first kappa shape index (κ1) is 14.2. The maximum absolute atomic E-state index is 12.1. The molecule has 0 saturated carbocycles. The Labute approximate surface area is 121 Å². The first-order chi connectivity index (χ1) is 7.03. The number of likely N-dealkylation sites (N-methyl/N-ethyl adjacent to an activating group) is 1. The van der Waals surface area contributed by atoms with Crippen LogP contribution in [0.5, 0.6) is 0 Å². The van der Waals surface area contributed by atoms with Crippen molar-refractivity contribution in [3.05, 3.63) is 0 Å². The van der Waals surface area contributed by atoms with E-state index in [1.165, 1.54) is 0 Å². The van der Waals surface area contributed by atoms with Gasteiger partial charge in [-0.1, -0.05) is 6.92 Å². The molecule has 0 aliphatic carbocycles. The number of hydrogen-bond donors (Lipinski definition) is 1. The summed E-state index contributed by atoms with van der Waals surface area (Å²) in [4.78, 5) is 22.9. The molecule has 0 bridgehead atoms. The minimum Gasteiger partial charge on any atom is -0.540 e. The van der Waals surface area contributed by atoms with Crippen LogP contribution in [0.25, 0.3) is 0 Å². The van der Waals surface area contributed by atoms with E-state index in [4.69, 9.17) is 0 Å². The number of nitrogens with one attached hydrogen (secondary N) is 1. The molecule has 16 heavy (non-hydrogen) atoms. The molecule has 6 heteroatoms. The molecule has 0 aromatic rings. The van der Waals surface area contributed by atoms with Gasteiger partial charge in [-0.3, -0.25) is 9.80 Å². The van der Waals surface area contributed by atoms with Gasteiger partial charge in [0.05, 0.1) is 0 Å². The van der Waals surface area contributed by atoms with E-state index in [9.17, 15) is 9.59 Å². The van der Waals surface area contributed by atoms with Crippen molar-refractivity contribution in [1.82, 2.24) is 15.3 Å². The first-order valence-corrected chi connectivity index (χ1v) is 5.18. The van der Waals surface area contributed by atoms with Crippen molar-refractivity contribution in [3.63, 3.8) is 0 Å². The third-order valence-electron chi connectivity index (χ3n) is 3.46. The fraction of sp³-hybridized carbons (Fsp3) is 0.800. The second kappa shape index (κ2) is 4.80. The van der Waals surface area contributed by atoms with E-state index in [0.717, 1.165) is 6.54 Å². The van der Waals surface area contributed by atoms with Crippen molar-refractivity contribution >= 4 is 12.2 Å². The summed E-state index contributed by atoms with van der Waals surface area (Å²) in [5, 5.41) is 6.52. The van der Waals surface area contributed by atoms with E-state index in [2.05, 4.69) is 5.32 Å². The molecule has 0 aromatic heterocycles. The van der Waals surface area contributed by atoms with Crippen LogP contribution < -0.4 is 5.32 Å². The molecule has 1 amide bonds. The van der Waals surface area contributed by atoms with Crippen LogP contribution in [-0.2, 0) is 42.3 Å². The summed E-state index contributed by atoms with van der Waals surface area (Å²) in [6, 6.07) is -0.410. The predicted octanol–water partition coefficient (Wildman–Crippen LogP) is -0.851. The van der Waals surface area contributed by atoms with Crippen LogP contribution >= 0.6 is 0 Å². The second-order valence-electron chi connectivity index (χ2n) is 4.62. The summed E-state index contributed by atoms with van der Waals surface area (Å²) in [6.45, 7) is 5.21. The van der Waals surface area contributed by atoms with E-state index in [0.29, 0.717) is 6.54 Å². The Morgan fingerprint density at radius 1 is 1.56 bits per heavy atom. The maximum atomic E-state index is 12.1. The van der Waals surface area contributed by atoms with E-state index >= 15 is 0 Å². The van der Waals surface area contributed by atoms with E-state index < -0.39 is 11.6 Å². The molecule has 2 saturated heterocycles. The third-order valence-corrected chi connectivity index (χ3v) is 3.46. The fourth-order valence-corrected chi connectivity index (χ4v) is 2.37. The molecule has 0 spiro atoms. The predicted molar refractivity (Wildman–Crippen MR) is 54.5 cm³/mol. The minimum atomic E-state index is -0.560. The zero-order valence-corrected chi connectivity index (χ0v) is 12.7. The van der Waals surface area contributed by atoms with Crippen molar-refractivity contribution in [2.75, 3.05) is 20.1 Å². The molecule has 2 heterocycles. The number of hydrazine groups is 1. The van der Waals surface area contributed by atoms with Crippen LogP contribution in [0.1, 0.15) is 13.8 Å². The van der Waals surface area contributed by atoms with Crippen LogP contribution in [0.2, 0.25) is 0 Å². The molecule has 0 aromatic carbocycles. The minimum absolute atomic E-state index is 0. The van der Waals surface area contributed by atoms with Gasteiger partial charge in [-0.05, 0) is 25.9 Å². The summed E-state index contributed by atoms with van der Waals surface area (Å²) >= 11 is 0. The molecule has 2 fully saturated rings. The van der Waals surface area contributed by atoms with Gasteiger partial charge in [-0.25, -0.2) is 11.3 Å². The first-order valence-electron chi connectivity index (χ1n) is 5.18. The van der Waals surface area contributed by atoms with Gasteiger partial charge in [0.1, 0.15) is 5.54 Å². The van der Waals surface area contributed by atoms with Crippen molar-refractivity contribution < 1.29 is 42.3 Å². The zero-order chi connectivity index (χ0) is 11.2. The molecule has 0 radical (unpaired) electrons. The molecule has 84 valence electrons. The third kappa shape index (κ3) is 1.88. The van der Waals surface area contributed by atoms with Gasteiger partial charge in [0.15, 0.2) is 0 Å².